The molecule has 0 spiro atoms. The number of fused-ring (bicyclic) bond motifs is 1. The monoisotopic (exact) mass is 358 g/mol. The summed E-state index contributed by atoms with van der Waals surface area (Å²) in [6.07, 6.45) is 9.40. The maximum atomic E-state index is 12.8. The first kappa shape index (κ1) is 17.9. The molecule has 0 radical (unpaired) electrons. The van der Waals surface area contributed by atoms with Gasteiger partial charge in [0.15, 0.2) is 0 Å². The molecule has 0 N–H and O–H groups in total. The van der Waals surface area contributed by atoms with Gasteiger partial charge >= 0.3 is 0 Å². The van der Waals surface area contributed by atoms with E-state index < -0.39 is 0 Å². The molecule has 142 valence electrons. The first-order valence-corrected chi connectivity index (χ1v) is 10.1. The molecule has 3 heterocycles. The second-order valence-corrected chi connectivity index (χ2v) is 8.24. The van der Waals surface area contributed by atoms with Crippen LogP contribution in [0.15, 0.2) is 24.4 Å². The van der Waals surface area contributed by atoms with E-state index in [0.717, 1.165) is 63.8 Å². The zero-order valence-corrected chi connectivity index (χ0v) is 15.6. The molecule has 0 bridgehead atoms. The predicted molar refractivity (Wildman–Crippen MR) is 98.7 cm³/mol. The Morgan fingerprint density at radius 3 is 3.00 bits per heavy atom. The molecule has 1 saturated carbocycles. The van der Waals surface area contributed by atoms with Crippen LogP contribution in [0.1, 0.15) is 44.2 Å². The van der Waals surface area contributed by atoms with E-state index in [0.29, 0.717) is 6.42 Å². The Morgan fingerprint density at radius 2 is 2.23 bits per heavy atom. The number of hydrogen-bond donors (Lipinski definition) is 0. The van der Waals surface area contributed by atoms with Crippen molar-refractivity contribution in [2.45, 2.75) is 51.0 Å². The molecule has 3 aliphatic rings. The van der Waals surface area contributed by atoms with Crippen LogP contribution in [-0.2, 0) is 20.7 Å². The van der Waals surface area contributed by atoms with Gasteiger partial charge in [-0.1, -0.05) is 12.5 Å². The van der Waals surface area contributed by atoms with E-state index in [1.165, 1.54) is 19.3 Å². The van der Waals surface area contributed by atoms with Crippen molar-refractivity contribution in [3.8, 4) is 0 Å². The SMILES string of the molecule is O=C(Cc1ccccn1)N1CC[C@@H]2OCCC[C@]2(COCC2CCC2)C1. The molecule has 0 aromatic carbocycles. The van der Waals surface area contributed by atoms with Gasteiger partial charge in [0.05, 0.1) is 19.1 Å². The zero-order chi connectivity index (χ0) is 17.8. The standard InChI is InChI=1S/C21H30N2O3/c24-20(13-18-7-1-2-10-22-18)23-11-8-19-21(15-23,9-4-12-26-19)16-25-14-17-5-3-6-17/h1-2,7,10,17,19H,3-6,8-9,11-16H2/t19-,21+/m0/s1. The first-order chi connectivity index (χ1) is 12.8. The van der Waals surface area contributed by atoms with Crippen molar-refractivity contribution in [1.82, 2.24) is 9.88 Å². The molecule has 2 aliphatic heterocycles. The molecule has 26 heavy (non-hydrogen) atoms. The minimum atomic E-state index is -0.0278. The Hall–Kier alpha value is -1.46. The van der Waals surface area contributed by atoms with Crippen LogP contribution < -0.4 is 0 Å². The van der Waals surface area contributed by atoms with E-state index in [-0.39, 0.29) is 17.4 Å². The molecular formula is C21H30N2O3. The average molecular weight is 358 g/mol. The van der Waals surface area contributed by atoms with Crippen LogP contribution in [0.2, 0.25) is 0 Å². The number of nitrogens with zero attached hydrogens (tertiary/aromatic N) is 2. The quantitative estimate of drug-likeness (QED) is 0.785. The zero-order valence-electron chi connectivity index (χ0n) is 15.6. The summed E-state index contributed by atoms with van der Waals surface area (Å²) < 4.78 is 12.3. The number of ether oxygens (including phenoxy) is 2. The molecule has 5 heteroatoms. The van der Waals surface area contributed by atoms with Gasteiger partial charge in [0.1, 0.15) is 0 Å². The molecule has 1 aliphatic carbocycles. The number of hydrogen-bond acceptors (Lipinski definition) is 4. The lowest BCUT2D eigenvalue weighted by atomic mass is 9.73. The van der Waals surface area contributed by atoms with E-state index in [9.17, 15) is 4.79 Å². The third-order valence-electron chi connectivity index (χ3n) is 6.37. The molecule has 3 fully saturated rings. The highest BCUT2D eigenvalue weighted by Gasteiger charge is 2.47. The highest BCUT2D eigenvalue weighted by molar-refractivity contribution is 5.78. The summed E-state index contributed by atoms with van der Waals surface area (Å²) in [7, 11) is 0. The van der Waals surface area contributed by atoms with Crippen molar-refractivity contribution in [1.29, 1.82) is 0 Å². The van der Waals surface area contributed by atoms with E-state index in [4.69, 9.17) is 9.47 Å². The van der Waals surface area contributed by atoms with Crippen molar-refractivity contribution in [3.05, 3.63) is 30.1 Å². The summed E-state index contributed by atoms with van der Waals surface area (Å²) >= 11 is 0. The van der Waals surface area contributed by atoms with Crippen LogP contribution in [0.4, 0.5) is 0 Å². The minimum absolute atomic E-state index is 0.0278. The summed E-state index contributed by atoms with van der Waals surface area (Å²) in [5.41, 5.74) is 0.815. The maximum Gasteiger partial charge on any atom is 0.228 e. The fraction of sp³-hybridized carbons (Fsp3) is 0.714. The van der Waals surface area contributed by atoms with Crippen LogP contribution in [0.5, 0.6) is 0 Å². The molecule has 1 aromatic rings. The number of carbonyl (C=O) groups excluding carboxylic acids is 1. The third-order valence-corrected chi connectivity index (χ3v) is 6.37. The van der Waals surface area contributed by atoms with E-state index in [1.807, 2.05) is 23.1 Å². The number of carbonyl (C=O) groups is 1. The summed E-state index contributed by atoms with van der Waals surface area (Å²) in [5, 5.41) is 0. The van der Waals surface area contributed by atoms with Crippen LogP contribution in [0.25, 0.3) is 0 Å². The van der Waals surface area contributed by atoms with Crippen molar-refractivity contribution in [2.75, 3.05) is 32.9 Å². The topological polar surface area (TPSA) is 51.7 Å². The van der Waals surface area contributed by atoms with Crippen molar-refractivity contribution < 1.29 is 14.3 Å². The van der Waals surface area contributed by atoms with Gasteiger partial charge in [0.25, 0.3) is 0 Å². The maximum absolute atomic E-state index is 12.8. The van der Waals surface area contributed by atoms with Gasteiger partial charge in [0.2, 0.25) is 5.91 Å². The van der Waals surface area contributed by atoms with Crippen molar-refractivity contribution >= 4 is 5.91 Å². The Labute approximate surface area is 156 Å². The summed E-state index contributed by atoms with van der Waals surface area (Å²) in [5.74, 6) is 0.922. The van der Waals surface area contributed by atoms with Gasteiger partial charge in [-0.15, -0.1) is 0 Å². The average Bonchev–Trinajstić information content (AvgIpc) is 2.64. The van der Waals surface area contributed by atoms with Crippen LogP contribution >= 0.6 is 0 Å². The largest absolute Gasteiger partial charge is 0.380 e. The lowest BCUT2D eigenvalue weighted by Crippen LogP contribution is -2.58. The van der Waals surface area contributed by atoms with Gasteiger partial charge in [-0.05, 0) is 50.2 Å². The fourth-order valence-corrected chi connectivity index (χ4v) is 4.57. The Bertz CT molecular complexity index is 605. The second kappa shape index (κ2) is 8.05. The van der Waals surface area contributed by atoms with Gasteiger partial charge in [-0.2, -0.15) is 0 Å². The van der Waals surface area contributed by atoms with Crippen LogP contribution in [0, 0.1) is 11.3 Å². The van der Waals surface area contributed by atoms with E-state index >= 15 is 0 Å². The number of piperidine rings is 1. The molecule has 0 unspecified atom stereocenters. The van der Waals surface area contributed by atoms with Gasteiger partial charge in [-0.25, -0.2) is 0 Å². The number of likely N-dealkylation sites (tertiary alicyclic amines) is 1. The number of rotatable bonds is 6. The smallest absolute Gasteiger partial charge is 0.228 e. The number of pyridine rings is 1. The molecule has 2 atom stereocenters. The minimum Gasteiger partial charge on any atom is -0.380 e. The molecule has 4 rings (SSSR count). The highest BCUT2D eigenvalue weighted by Crippen LogP contribution is 2.41. The predicted octanol–water partition coefficient (Wildman–Crippen LogP) is 2.84. The lowest BCUT2D eigenvalue weighted by Gasteiger charge is -2.50. The van der Waals surface area contributed by atoms with Crippen LogP contribution in [0.3, 0.4) is 0 Å². The Balaban J connectivity index is 1.39. The molecule has 5 nitrogen and oxygen atoms in total. The first-order valence-electron chi connectivity index (χ1n) is 10.1. The molecule has 2 saturated heterocycles. The van der Waals surface area contributed by atoms with E-state index in [1.54, 1.807) is 6.20 Å². The molecule has 1 amide bonds. The summed E-state index contributed by atoms with van der Waals surface area (Å²) in [6, 6.07) is 5.74. The van der Waals surface area contributed by atoms with Crippen molar-refractivity contribution in [3.63, 3.8) is 0 Å². The summed E-state index contributed by atoms with van der Waals surface area (Å²) in [4.78, 5) is 19.1. The normalized spacial score (nSPS) is 29.1. The summed E-state index contributed by atoms with van der Waals surface area (Å²) in [6.45, 7) is 3.98. The number of aromatic nitrogens is 1. The molecule has 1 aromatic heterocycles. The second-order valence-electron chi connectivity index (χ2n) is 8.24. The van der Waals surface area contributed by atoms with Gasteiger partial charge in [-0.3, -0.25) is 9.78 Å². The number of amides is 1. The Morgan fingerprint density at radius 1 is 1.31 bits per heavy atom. The van der Waals surface area contributed by atoms with Crippen LogP contribution in [-0.4, -0.2) is 54.8 Å². The van der Waals surface area contributed by atoms with Gasteiger partial charge in [0, 0.05) is 43.6 Å². The molecular weight excluding hydrogens is 328 g/mol. The Kier molecular flexibility index (Phi) is 5.55. The van der Waals surface area contributed by atoms with Gasteiger partial charge < -0.3 is 14.4 Å². The fourth-order valence-electron chi connectivity index (χ4n) is 4.57. The third kappa shape index (κ3) is 3.94. The van der Waals surface area contributed by atoms with E-state index in [2.05, 4.69) is 4.98 Å². The van der Waals surface area contributed by atoms with Crippen molar-refractivity contribution in [2.24, 2.45) is 11.3 Å². The lowest BCUT2D eigenvalue weighted by molar-refractivity contribution is -0.166. The highest BCUT2D eigenvalue weighted by atomic mass is 16.5.